The van der Waals surface area contributed by atoms with Crippen LogP contribution < -0.4 is 0 Å². The van der Waals surface area contributed by atoms with Crippen molar-refractivity contribution >= 4 is 28.5 Å². The Morgan fingerprint density at radius 1 is 1.38 bits per heavy atom. The molecule has 1 aromatic carbocycles. The Balaban J connectivity index is 2.43. The molecule has 82 valence electrons. The average Bonchev–Trinajstić information content (AvgIpc) is 2.59. The van der Waals surface area contributed by atoms with Crippen LogP contribution in [0.4, 0.5) is 0 Å². The summed E-state index contributed by atoms with van der Waals surface area (Å²) in [5.41, 5.74) is 2.55. The van der Waals surface area contributed by atoms with Gasteiger partial charge in [0.1, 0.15) is 5.69 Å². The van der Waals surface area contributed by atoms with Gasteiger partial charge in [-0.25, -0.2) is 4.79 Å². The number of benzene rings is 1. The fourth-order valence-electron chi connectivity index (χ4n) is 2.49. The third-order valence-corrected chi connectivity index (χ3v) is 3.30. The predicted octanol–water partition coefficient (Wildman–Crippen LogP) is 2.94. The predicted molar refractivity (Wildman–Crippen MR) is 62.2 cm³/mol. The molecule has 0 spiro atoms. The first-order chi connectivity index (χ1) is 7.66. The number of nitrogens with zero attached hydrogens (tertiary/aromatic N) is 1. The zero-order chi connectivity index (χ0) is 11.3. The molecular formula is C12H10ClNO2. The molecule has 1 aliphatic heterocycles. The Bertz CT molecular complexity index is 601. The van der Waals surface area contributed by atoms with Gasteiger partial charge in [-0.2, -0.15) is 0 Å². The summed E-state index contributed by atoms with van der Waals surface area (Å²) in [7, 11) is 0. The standard InChI is InChI=1S/C12H10ClNO2/c13-9-4-7-2-1-3-14-10(12(15)16)6-8(5-9)11(7)14/h4-6H,1-3H2,(H,15,16). The number of aryl methyl sites for hydroxylation is 2. The Kier molecular flexibility index (Phi) is 1.98. The highest BCUT2D eigenvalue weighted by Crippen LogP contribution is 2.31. The first-order valence-corrected chi connectivity index (χ1v) is 5.59. The van der Waals surface area contributed by atoms with Crippen molar-refractivity contribution < 1.29 is 9.90 Å². The Morgan fingerprint density at radius 3 is 2.94 bits per heavy atom. The third-order valence-electron chi connectivity index (χ3n) is 3.08. The number of carboxylic acid groups (broad SMARTS) is 1. The lowest BCUT2D eigenvalue weighted by atomic mass is 10.0. The molecule has 0 amide bonds. The van der Waals surface area contributed by atoms with Gasteiger partial charge in [0, 0.05) is 17.0 Å². The van der Waals surface area contributed by atoms with Crippen molar-refractivity contribution in [2.75, 3.05) is 0 Å². The molecule has 1 N–H and O–H groups in total. The summed E-state index contributed by atoms with van der Waals surface area (Å²) in [6.45, 7) is 0.778. The van der Waals surface area contributed by atoms with Gasteiger partial charge in [0.15, 0.2) is 0 Å². The van der Waals surface area contributed by atoms with Crippen LogP contribution in [0.5, 0.6) is 0 Å². The maximum Gasteiger partial charge on any atom is 0.352 e. The van der Waals surface area contributed by atoms with Crippen LogP contribution in [-0.4, -0.2) is 15.6 Å². The highest BCUT2D eigenvalue weighted by molar-refractivity contribution is 6.31. The van der Waals surface area contributed by atoms with Gasteiger partial charge in [-0.15, -0.1) is 0 Å². The van der Waals surface area contributed by atoms with E-state index in [0.717, 1.165) is 35.9 Å². The molecule has 3 nitrogen and oxygen atoms in total. The molecule has 0 atom stereocenters. The van der Waals surface area contributed by atoms with Crippen LogP contribution in [0.25, 0.3) is 10.9 Å². The van der Waals surface area contributed by atoms with Crippen molar-refractivity contribution in [2.24, 2.45) is 0 Å². The zero-order valence-electron chi connectivity index (χ0n) is 8.53. The van der Waals surface area contributed by atoms with Crippen LogP contribution in [0.15, 0.2) is 18.2 Å². The van der Waals surface area contributed by atoms with E-state index in [-0.39, 0.29) is 0 Å². The van der Waals surface area contributed by atoms with Crippen LogP contribution in [-0.2, 0) is 13.0 Å². The molecule has 2 aromatic rings. The number of aromatic nitrogens is 1. The number of carboxylic acids is 1. The van der Waals surface area contributed by atoms with Crippen LogP contribution in [0, 0.1) is 0 Å². The molecule has 16 heavy (non-hydrogen) atoms. The van der Waals surface area contributed by atoms with Gasteiger partial charge in [-0.1, -0.05) is 11.6 Å². The summed E-state index contributed by atoms with van der Waals surface area (Å²) in [6.07, 6.45) is 1.94. The van der Waals surface area contributed by atoms with Gasteiger partial charge in [0.05, 0.1) is 5.52 Å². The molecule has 0 unspecified atom stereocenters. The minimum absolute atomic E-state index is 0.359. The number of hydrogen-bond acceptors (Lipinski definition) is 1. The molecule has 1 aliphatic rings. The van der Waals surface area contributed by atoms with Gasteiger partial charge in [0.25, 0.3) is 0 Å². The van der Waals surface area contributed by atoms with Crippen molar-refractivity contribution in [2.45, 2.75) is 19.4 Å². The van der Waals surface area contributed by atoms with Crippen molar-refractivity contribution in [1.29, 1.82) is 0 Å². The second-order valence-electron chi connectivity index (χ2n) is 4.09. The maximum atomic E-state index is 11.1. The molecule has 1 aromatic heterocycles. The fourth-order valence-corrected chi connectivity index (χ4v) is 2.74. The SMILES string of the molecule is O=C(O)c1cc2cc(Cl)cc3c2n1CCC3. The largest absolute Gasteiger partial charge is 0.477 e. The Labute approximate surface area is 97.2 Å². The lowest BCUT2D eigenvalue weighted by molar-refractivity contribution is 0.0685. The van der Waals surface area contributed by atoms with E-state index >= 15 is 0 Å². The smallest absolute Gasteiger partial charge is 0.352 e. The van der Waals surface area contributed by atoms with Gasteiger partial charge in [-0.3, -0.25) is 0 Å². The van der Waals surface area contributed by atoms with Crippen molar-refractivity contribution in [1.82, 2.24) is 4.57 Å². The number of rotatable bonds is 1. The zero-order valence-corrected chi connectivity index (χ0v) is 9.29. The van der Waals surface area contributed by atoms with Crippen LogP contribution in [0.1, 0.15) is 22.5 Å². The third kappa shape index (κ3) is 1.25. The van der Waals surface area contributed by atoms with Crippen molar-refractivity contribution in [3.05, 3.63) is 34.5 Å². The minimum Gasteiger partial charge on any atom is -0.477 e. The van der Waals surface area contributed by atoms with E-state index in [1.165, 1.54) is 0 Å². The first-order valence-electron chi connectivity index (χ1n) is 5.22. The van der Waals surface area contributed by atoms with Crippen molar-refractivity contribution in [3.63, 3.8) is 0 Å². The van der Waals surface area contributed by atoms with Gasteiger partial charge in [-0.05, 0) is 36.6 Å². The quantitative estimate of drug-likeness (QED) is 0.826. The molecule has 3 rings (SSSR count). The minimum atomic E-state index is -0.875. The van der Waals surface area contributed by atoms with Gasteiger partial charge < -0.3 is 9.67 Å². The molecule has 0 bridgehead atoms. The second-order valence-corrected chi connectivity index (χ2v) is 4.53. The summed E-state index contributed by atoms with van der Waals surface area (Å²) in [5, 5.41) is 10.7. The average molecular weight is 236 g/mol. The van der Waals surface area contributed by atoms with Crippen LogP contribution >= 0.6 is 11.6 Å². The van der Waals surface area contributed by atoms with E-state index in [4.69, 9.17) is 16.7 Å². The van der Waals surface area contributed by atoms with Crippen LogP contribution in [0.3, 0.4) is 0 Å². The summed E-state index contributed by atoms with van der Waals surface area (Å²) in [4.78, 5) is 11.1. The molecule has 0 aliphatic carbocycles. The van der Waals surface area contributed by atoms with E-state index in [1.54, 1.807) is 6.07 Å². The maximum absolute atomic E-state index is 11.1. The molecule has 4 heteroatoms. The lowest BCUT2D eigenvalue weighted by Crippen LogP contribution is -2.13. The van der Waals surface area contributed by atoms with E-state index in [2.05, 4.69) is 0 Å². The lowest BCUT2D eigenvalue weighted by Gasteiger charge is -2.17. The molecular weight excluding hydrogens is 226 g/mol. The molecule has 0 saturated carbocycles. The topological polar surface area (TPSA) is 42.2 Å². The Hall–Kier alpha value is -1.48. The molecule has 2 heterocycles. The van der Waals surface area contributed by atoms with Gasteiger partial charge in [0.2, 0.25) is 0 Å². The van der Waals surface area contributed by atoms with Crippen molar-refractivity contribution in [3.8, 4) is 0 Å². The summed E-state index contributed by atoms with van der Waals surface area (Å²) in [5.74, 6) is -0.875. The van der Waals surface area contributed by atoms with E-state index in [1.807, 2.05) is 16.7 Å². The second kappa shape index (κ2) is 3.25. The molecule has 0 fully saturated rings. The monoisotopic (exact) mass is 235 g/mol. The summed E-state index contributed by atoms with van der Waals surface area (Å²) < 4.78 is 1.88. The highest BCUT2D eigenvalue weighted by Gasteiger charge is 2.20. The number of carbonyl (C=O) groups is 1. The summed E-state index contributed by atoms with van der Waals surface area (Å²) >= 11 is 6.01. The number of halogens is 1. The van der Waals surface area contributed by atoms with E-state index < -0.39 is 5.97 Å². The normalized spacial score (nSPS) is 14.3. The summed E-state index contributed by atoms with van der Waals surface area (Å²) in [6, 6.07) is 5.47. The van der Waals surface area contributed by atoms with Gasteiger partial charge >= 0.3 is 5.97 Å². The number of hydrogen-bond donors (Lipinski definition) is 1. The first kappa shape index (κ1) is 9.73. The highest BCUT2D eigenvalue weighted by atomic mass is 35.5. The van der Waals surface area contributed by atoms with E-state index in [9.17, 15) is 4.79 Å². The van der Waals surface area contributed by atoms with Crippen LogP contribution in [0.2, 0.25) is 5.02 Å². The molecule has 0 saturated heterocycles. The molecule has 0 radical (unpaired) electrons. The fraction of sp³-hybridized carbons (Fsp3) is 0.250. The van der Waals surface area contributed by atoms with E-state index in [0.29, 0.717) is 10.7 Å². The number of aromatic carboxylic acids is 1. The Morgan fingerprint density at radius 2 is 2.19 bits per heavy atom.